The maximum Gasteiger partial charge on any atom is 0.183 e. The first kappa shape index (κ1) is 11.0. The Balaban J connectivity index is 1.94. The average molecular weight is 272 g/mol. The van der Waals surface area contributed by atoms with E-state index in [4.69, 9.17) is 10.1 Å². The summed E-state index contributed by atoms with van der Waals surface area (Å²) in [5, 5.41) is 5.80. The fourth-order valence-corrected chi connectivity index (χ4v) is 3.08. The molecule has 2 aliphatic heterocycles. The molecule has 0 saturated heterocycles. The Hall–Kier alpha value is -2.75. The van der Waals surface area contributed by atoms with E-state index in [-0.39, 0.29) is 0 Å². The van der Waals surface area contributed by atoms with Crippen LogP contribution in [0.5, 0.6) is 0 Å². The van der Waals surface area contributed by atoms with Gasteiger partial charge in [-0.15, -0.1) is 0 Å². The first-order valence-electron chi connectivity index (χ1n) is 7.13. The van der Waals surface area contributed by atoms with Crippen molar-refractivity contribution in [2.24, 2.45) is 0 Å². The lowest BCUT2D eigenvalue weighted by Gasteiger charge is -2.13. The molecular formula is C17H12N4. The first-order chi connectivity index (χ1) is 10.4. The molecule has 4 nitrogen and oxygen atoms in total. The van der Waals surface area contributed by atoms with Crippen molar-refractivity contribution in [2.45, 2.75) is 12.8 Å². The molecule has 5 rings (SSSR count). The van der Waals surface area contributed by atoms with Crippen molar-refractivity contribution in [1.29, 1.82) is 0 Å². The summed E-state index contributed by atoms with van der Waals surface area (Å²) >= 11 is 0. The highest BCUT2D eigenvalue weighted by molar-refractivity contribution is 5.94. The number of fused-ring (bicyclic) bond motifs is 6. The molecule has 0 unspecified atom stereocenters. The van der Waals surface area contributed by atoms with Crippen LogP contribution in [-0.4, -0.2) is 19.6 Å². The zero-order chi connectivity index (χ0) is 13.8. The largest absolute Gasteiger partial charge is 0.226 e. The minimum atomic E-state index is 0.735. The monoisotopic (exact) mass is 272 g/mol. The number of aryl methyl sites for hydroxylation is 1. The van der Waals surface area contributed by atoms with Crippen molar-refractivity contribution in [3.8, 4) is 11.5 Å². The fourth-order valence-electron chi connectivity index (χ4n) is 3.08. The predicted octanol–water partition coefficient (Wildman–Crippen LogP) is 3.34. The zero-order valence-corrected chi connectivity index (χ0v) is 11.3. The number of para-hydroxylation sites is 1. The molecule has 3 aliphatic rings. The number of hydrogen-bond acceptors (Lipinski definition) is 3. The van der Waals surface area contributed by atoms with E-state index in [0.717, 1.165) is 40.9 Å². The summed E-state index contributed by atoms with van der Waals surface area (Å²) in [4.78, 5) is 9.39. The van der Waals surface area contributed by atoms with Crippen molar-refractivity contribution in [3.05, 3.63) is 53.7 Å². The maximum atomic E-state index is 4.78. The van der Waals surface area contributed by atoms with Crippen molar-refractivity contribution < 1.29 is 0 Å². The second-order valence-corrected chi connectivity index (χ2v) is 5.37. The molecule has 0 fully saturated rings. The summed E-state index contributed by atoms with van der Waals surface area (Å²) < 4.78 is 1.88. The van der Waals surface area contributed by atoms with Crippen LogP contribution in [-0.2, 0) is 6.42 Å². The van der Waals surface area contributed by atoms with Gasteiger partial charge in [0.25, 0.3) is 0 Å². The Kier molecular flexibility index (Phi) is 2.03. The molecule has 0 saturated carbocycles. The molecule has 0 atom stereocenters. The predicted molar refractivity (Wildman–Crippen MR) is 82.3 cm³/mol. The van der Waals surface area contributed by atoms with E-state index in [2.05, 4.69) is 23.2 Å². The van der Waals surface area contributed by atoms with E-state index in [0.29, 0.717) is 0 Å². The van der Waals surface area contributed by atoms with E-state index in [1.165, 1.54) is 11.1 Å². The van der Waals surface area contributed by atoms with Gasteiger partial charge < -0.3 is 0 Å². The quantitative estimate of drug-likeness (QED) is 0.493. The standard InChI is InChI=1S/C17H12N4/c1-2-6-12-11(5-1)9-10-21-17(12)19-16-15(20-21)13-7-3-4-8-14(13)18-16/h1,3-5,7-10H,2,6H2. The Morgan fingerprint density at radius 3 is 3.00 bits per heavy atom. The van der Waals surface area contributed by atoms with Gasteiger partial charge in [0, 0.05) is 17.1 Å². The van der Waals surface area contributed by atoms with Gasteiger partial charge in [-0.25, -0.2) is 14.5 Å². The molecule has 0 spiro atoms. The van der Waals surface area contributed by atoms with Gasteiger partial charge in [-0.05, 0) is 30.5 Å². The summed E-state index contributed by atoms with van der Waals surface area (Å²) in [5.74, 6) is 0.735. The Morgan fingerprint density at radius 2 is 2.00 bits per heavy atom. The third-order valence-electron chi connectivity index (χ3n) is 4.11. The molecule has 3 heterocycles. The van der Waals surface area contributed by atoms with Gasteiger partial charge in [0.1, 0.15) is 5.69 Å². The van der Waals surface area contributed by atoms with Crippen LogP contribution in [0.3, 0.4) is 0 Å². The smallest absolute Gasteiger partial charge is 0.183 e. The van der Waals surface area contributed by atoms with Crippen LogP contribution in [0, 0.1) is 0 Å². The van der Waals surface area contributed by atoms with Crippen molar-refractivity contribution in [1.82, 2.24) is 19.6 Å². The average Bonchev–Trinajstić information content (AvgIpc) is 2.90. The molecule has 0 amide bonds. The Labute approximate surface area is 121 Å². The van der Waals surface area contributed by atoms with Gasteiger partial charge in [-0.1, -0.05) is 30.4 Å². The van der Waals surface area contributed by atoms with E-state index in [1.54, 1.807) is 0 Å². The van der Waals surface area contributed by atoms with Gasteiger partial charge in [-0.3, -0.25) is 0 Å². The van der Waals surface area contributed by atoms with Crippen LogP contribution >= 0.6 is 0 Å². The van der Waals surface area contributed by atoms with Gasteiger partial charge >= 0.3 is 0 Å². The summed E-state index contributed by atoms with van der Waals surface area (Å²) in [6.45, 7) is 0. The second-order valence-electron chi connectivity index (χ2n) is 5.37. The summed E-state index contributed by atoms with van der Waals surface area (Å²) in [5.41, 5.74) is 5.26. The molecule has 4 heteroatoms. The van der Waals surface area contributed by atoms with Crippen LogP contribution in [0.1, 0.15) is 17.5 Å². The molecule has 1 aromatic heterocycles. The molecule has 100 valence electrons. The third kappa shape index (κ3) is 1.47. The lowest BCUT2D eigenvalue weighted by molar-refractivity contribution is 0.868. The number of hydrogen-bond donors (Lipinski definition) is 0. The van der Waals surface area contributed by atoms with Gasteiger partial charge in [0.05, 0.1) is 5.52 Å². The summed E-state index contributed by atoms with van der Waals surface area (Å²) in [6, 6.07) is 10.2. The van der Waals surface area contributed by atoms with Crippen LogP contribution in [0.2, 0.25) is 0 Å². The minimum absolute atomic E-state index is 0.735. The maximum absolute atomic E-state index is 4.78. The Bertz CT molecular complexity index is 996. The number of aromatic nitrogens is 4. The fraction of sp³-hybridized carbons (Fsp3) is 0.118. The zero-order valence-electron chi connectivity index (χ0n) is 11.3. The normalized spacial score (nSPS) is 14.1. The van der Waals surface area contributed by atoms with Crippen molar-refractivity contribution in [2.75, 3.05) is 0 Å². The summed E-state index contributed by atoms with van der Waals surface area (Å²) in [7, 11) is 0. The van der Waals surface area contributed by atoms with E-state index in [9.17, 15) is 0 Å². The number of pyridine rings is 1. The van der Waals surface area contributed by atoms with Gasteiger partial charge in [0.15, 0.2) is 11.5 Å². The molecular weight excluding hydrogens is 260 g/mol. The van der Waals surface area contributed by atoms with Crippen molar-refractivity contribution in [3.63, 3.8) is 0 Å². The number of benzene rings is 1. The Morgan fingerprint density at radius 1 is 1.05 bits per heavy atom. The van der Waals surface area contributed by atoms with Crippen LogP contribution in [0.4, 0.5) is 0 Å². The minimum Gasteiger partial charge on any atom is -0.226 e. The lowest BCUT2D eigenvalue weighted by Crippen LogP contribution is -2.07. The highest BCUT2D eigenvalue weighted by Crippen LogP contribution is 2.29. The molecule has 0 radical (unpaired) electrons. The van der Waals surface area contributed by atoms with Gasteiger partial charge in [-0.2, -0.15) is 5.10 Å². The SMILES string of the molecule is C1=Cc2ccn3nc4c5ccccc5nc-4nc3c2CC1. The van der Waals surface area contributed by atoms with E-state index < -0.39 is 0 Å². The third-order valence-corrected chi connectivity index (χ3v) is 4.11. The van der Waals surface area contributed by atoms with Crippen LogP contribution in [0.25, 0.3) is 34.1 Å². The van der Waals surface area contributed by atoms with E-state index >= 15 is 0 Å². The van der Waals surface area contributed by atoms with Crippen LogP contribution in [0.15, 0.2) is 42.6 Å². The topological polar surface area (TPSA) is 43.1 Å². The highest BCUT2D eigenvalue weighted by atomic mass is 15.3. The first-order valence-corrected chi connectivity index (χ1v) is 7.13. The molecule has 1 aromatic carbocycles. The molecule has 1 aliphatic carbocycles. The number of allylic oxidation sites excluding steroid dienone is 1. The van der Waals surface area contributed by atoms with E-state index in [1.807, 2.05) is 35.0 Å². The van der Waals surface area contributed by atoms with Crippen LogP contribution < -0.4 is 0 Å². The van der Waals surface area contributed by atoms with Crippen molar-refractivity contribution >= 4 is 22.6 Å². The lowest BCUT2D eigenvalue weighted by atomic mass is 9.99. The number of rotatable bonds is 0. The molecule has 2 aromatic rings. The highest BCUT2D eigenvalue weighted by Gasteiger charge is 2.18. The molecule has 0 N–H and O–H groups in total. The second kappa shape index (κ2) is 3.88. The summed E-state index contributed by atoms with van der Waals surface area (Å²) in [6.07, 6.45) is 8.43. The molecule has 21 heavy (non-hydrogen) atoms. The molecule has 0 bridgehead atoms. The van der Waals surface area contributed by atoms with Gasteiger partial charge in [0.2, 0.25) is 0 Å². The number of nitrogens with zero attached hydrogens (tertiary/aromatic N) is 4.